The van der Waals surface area contributed by atoms with Crippen LogP contribution in [0.2, 0.25) is 0 Å². The first-order chi connectivity index (χ1) is 8.81. The summed E-state index contributed by atoms with van der Waals surface area (Å²) in [5, 5.41) is 7.33. The first-order valence-corrected chi connectivity index (χ1v) is 6.91. The van der Waals surface area contributed by atoms with Crippen molar-refractivity contribution in [3.05, 3.63) is 17.5 Å². The minimum Gasteiger partial charge on any atom is -0.360 e. The highest BCUT2D eigenvalue weighted by atomic mass is 16.5. The molecule has 0 radical (unpaired) electrons. The molecular formula is C13H24N4O. The SMILES string of the molecule is CCNCc1cc(CN2CCN(CC)CC2)on1. The van der Waals surface area contributed by atoms with Crippen molar-refractivity contribution >= 4 is 0 Å². The molecule has 5 heteroatoms. The van der Waals surface area contributed by atoms with Crippen molar-refractivity contribution in [3.8, 4) is 0 Å². The van der Waals surface area contributed by atoms with E-state index in [1.165, 1.54) is 0 Å². The van der Waals surface area contributed by atoms with Crippen molar-refractivity contribution in [2.24, 2.45) is 0 Å². The Hall–Kier alpha value is -0.910. The summed E-state index contributed by atoms with van der Waals surface area (Å²) < 4.78 is 5.37. The quantitative estimate of drug-likeness (QED) is 0.815. The summed E-state index contributed by atoms with van der Waals surface area (Å²) in [7, 11) is 0. The van der Waals surface area contributed by atoms with Crippen LogP contribution in [-0.4, -0.2) is 54.2 Å². The fourth-order valence-corrected chi connectivity index (χ4v) is 2.25. The van der Waals surface area contributed by atoms with Gasteiger partial charge in [-0.3, -0.25) is 4.90 Å². The molecule has 1 saturated heterocycles. The molecule has 0 aromatic carbocycles. The van der Waals surface area contributed by atoms with E-state index in [0.29, 0.717) is 0 Å². The molecule has 1 aromatic heterocycles. The first kappa shape index (κ1) is 13.5. The van der Waals surface area contributed by atoms with Crippen LogP contribution >= 0.6 is 0 Å². The standard InChI is InChI=1S/C13H24N4O/c1-3-14-10-12-9-13(18-15-12)11-17-7-5-16(4-2)6-8-17/h9,14H,3-8,10-11H2,1-2H3. The highest BCUT2D eigenvalue weighted by Crippen LogP contribution is 2.10. The molecule has 102 valence electrons. The van der Waals surface area contributed by atoms with Gasteiger partial charge in [0.25, 0.3) is 0 Å². The van der Waals surface area contributed by atoms with Gasteiger partial charge in [-0.05, 0) is 13.1 Å². The van der Waals surface area contributed by atoms with Crippen LogP contribution in [0, 0.1) is 0 Å². The van der Waals surface area contributed by atoms with Crippen molar-refractivity contribution < 1.29 is 4.52 Å². The van der Waals surface area contributed by atoms with E-state index in [0.717, 1.165) is 63.8 Å². The number of hydrogen-bond donors (Lipinski definition) is 1. The van der Waals surface area contributed by atoms with E-state index in [1.807, 2.05) is 0 Å². The molecule has 0 unspecified atom stereocenters. The molecule has 0 spiro atoms. The summed E-state index contributed by atoms with van der Waals surface area (Å²) in [5.74, 6) is 0.979. The molecule has 0 saturated carbocycles. The molecule has 1 aliphatic rings. The molecule has 1 N–H and O–H groups in total. The van der Waals surface area contributed by atoms with E-state index in [1.54, 1.807) is 0 Å². The second-order valence-electron chi connectivity index (χ2n) is 4.78. The van der Waals surface area contributed by atoms with Crippen LogP contribution in [0.4, 0.5) is 0 Å². The number of piperazine rings is 1. The largest absolute Gasteiger partial charge is 0.360 e. The van der Waals surface area contributed by atoms with Gasteiger partial charge in [0.05, 0.1) is 12.2 Å². The second-order valence-corrected chi connectivity index (χ2v) is 4.78. The van der Waals surface area contributed by atoms with Gasteiger partial charge in [-0.1, -0.05) is 19.0 Å². The van der Waals surface area contributed by atoms with E-state index in [4.69, 9.17) is 4.52 Å². The van der Waals surface area contributed by atoms with Gasteiger partial charge in [0, 0.05) is 38.8 Å². The van der Waals surface area contributed by atoms with Gasteiger partial charge < -0.3 is 14.7 Å². The molecule has 18 heavy (non-hydrogen) atoms. The van der Waals surface area contributed by atoms with Crippen molar-refractivity contribution in [2.75, 3.05) is 39.3 Å². The monoisotopic (exact) mass is 252 g/mol. The Kier molecular flexibility index (Phi) is 5.16. The zero-order valence-corrected chi connectivity index (χ0v) is 11.5. The number of rotatable bonds is 6. The average Bonchev–Trinajstić information content (AvgIpc) is 2.85. The van der Waals surface area contributed by atoms with Crippen LogP contribution in [0.3, 0.4) is 0 Å². The molecule has 0 bridgehead atoms. The maximum absolute atomic E-state index is 5.37. The lowest BCUT2D eigenvalue weighted by Crippen LogP contribution is -2.45. The molecule has 2 rings (SSSR count). The topological polar surface area (TPSA) is 44.5 Å². The van der Waals surface area contributed by atoms with Gasteiger partial charge in [0.2, 0.25) is 0 Å². The molecule has 1 aliphatic heterocycles. The minimum atomic E-state index is 0.795. The van der Waals surface area contributed by atoms with E-state index >= 15 is 0 Å². The Labute approximate surface area is 109 Å². The molecule has 1 fully saturated rings. The molecule has 1 aromatic rings. The number of nitrogens with one attached hydrogen (secondary N) is 1. The average molecular weight is 252 g/mol. The maximum atomic E-state index is 5.37. The molecular weight excluding hydrogens is 228 g/mol. The van der Waals surface area contributed by atoms with Crippen molar-refractivity contribution in [3.63, 3.8) is 0 Å². The van der Waals surface area contributed by atoms with E-state index in [9.17, 15) is 0 Å². The molecule has 2 heterocycles. The fraction of sp³-hybridized carbons (Fsp3) is 0.769. The van der Waals surface area contributed by atoms with E-state index < -0.39 is 0 Å². The van der Waals surface area contributed by atoms with Crippen molar-refractivity contribution in [2.45, 2.75) is 26.9 Å². The lowest BCUT2D eigenvalue weighted by atomic mass is 10.3. The molecule has 0 atom stereocenters. The van der Waals surface area contributed by atoms with Gasteiger partial charge >= 0.3 is 0 Å². The summed E-state index contributed by atoms with van der Waals surface area (Å²) in [6.07, 6.45) is 0. The summed E-state index contributed by atoms with van der Waals surface area (Å²) in [6, 6.07) is 2.06. The van der Waals surface area contributed by atoms with E-state index in [-0.39, 0.29) is 0 Å². The van der Waals surface area contributed by atoms with Gasteiger partial charge in [-0.2, -0.15) is 0 Å². The van der Waals surface area contributed by atoms with Crippen LogP contribution in [0.5, 0.6) is 0 Å². The Morgan fingerprint density at radius 2 is 1.94 bits per heavy atom. The maximum Gasteiger partial charge on any atom is 0.151 e. The lowest BCUT2D eigenvalue weighted by molar-refractivity contribution is 0.122. The summed E-state index contributed by atoms with van der Waals surface area (Å²) >= 11 is 0. The normalized spacial score (nSPS) is 18.3. The predicted molar refractivity (Wildman–Crippen MR) is 71.3 cm³/mol. The Balaban J connectivity index is 1.77. The predicted octanol–water partition coefficient (Wildman–Crippen LogP) is 0.922. The summed E-state index contributed by atoms with van der Waals surface area (Å²) in [5.41, 5.74) is 0.999. The first-order valence-electron chi connectivity index (χ1n) is 6.91. The number of likely N-dealkylation sites (N-methyl/N-ethyl adjacent to an activating group) is 1. The Bertz CT molecular complexity index is 345. The van der Waals surface area contributed by atoms with Crippen molar-refractivity contribution in [1.29, 1.82) is 0 Å². The van der Waals surface area contributed by atoms with Crippen LogP contribution in [0.15, 0.2) is 10.6 Å². The van der Waals surface area contributed by atoms with E-state index in [2.05, 4.69) is 40.2 Å². The van der Waals surface area contributed by atoms with Crippen LogP contribution in [-0.2, 0) is 13.1 Å². The Morgan fingerprint density at radius 1 is 1.22 bits per heavy atom. The molecule has 5 nitrogen and oxygen atoms in total. The van der Waals surface area contributed by atoms with Crippen LogP contribution in [0.1, 0.15) is 25.3 Å². The highest BCUT2D eigenvalue weighted by molar-refractivity contribution is 5.05. The van der Waals surface area contributed by atoms with Crippen molar-refractivity contribution in [1.82, 2.24) is 20.3 Å². The van der Waals surface area contributed by atoms with Crippen LogP contribution < -0.4 is 5.32 Å². The summed E-state index contributed by atoms with van der Waals surface area (Å²) in [6.45, 7) is 12.7. The lowest BCUT2D eigenvalue weighted by Gasteiger charge is -2.33. The minimum absolute atomic E-state index is 0.795. The number of nitrogens with zero attached hydrogens (tertiary/aromatic N) is 3. The second kappa shape index (κ2) is 6.87. The summed E-state index contributed by atoms with van der Waals surface area (Å²) in [4.78, 5) is 4.91. The Morgan fingerprint density at radius 3 is 2.61 bits per heavy atom. The third-order valence-corrected chi connectivity index (χ3v) is 3.46. The zero-order valence-electron chi connectivity index (χ0n) is 11.5. The zero-order chi connectivity index (χ0) is 12.8. The third kappa shape index (κ3) is 3.80. The van der Waals surface area contributed by atoms with Gasteiger partial charge in [-0.15, -0.1) is 0 Å². The number of hydrogen-bond acceptors (Lipinski definition) is 5. The van der Waals surface area contributed by atoms with Gasteiger partial charge in [0.1, 0.15) is 0 Å². The molecule has 0 amide bonds. The van der Waals surface area contributed by atoms with Crippen LogP contribution in [0.25, 0.3) is 0 Å². The fourth-order valence-electron chi connectivity index (χ4n) is 2.25. The van der Waals surface area contributed by atoms with Gasteiger partial charge in [0.15, 0.2) is 5.76 Å². The smallest absolute Gasteiger partial charge is 0.151 e. The number of aromatic nitrogens is 1. The third-order valence-electron chi connectivity index (χ3n) is 3.46. The highest BCUT2D eigenvalue weighted by Gasteiger charge is 2.17. The molecule has 0 aliphatic carbocycles. The van der Waals surface area contributed by atoms with Gasteiger partial charge in [-0.25, -0.2) is 0 Å².